The van der Waals surface area contributed by atoms with E-state index < -0.39 is 17.0 Å². The van der Waals surface area contributed by atoms with Crippen LogP contribution in [0.1, 0.15) is 16.5 Å². The normalized spacial score (nSPS) is 12.5. The molecule has 0 saturated carbocycles. The predicted molar refractivity (Wildman–Crippen MR) is 80.9 cm³/mol. The van der Waals surface area contributed by atoms with Crippen molar-refractivity contribution in [2.24, 2.45) is 0 Å². The second kappa shape index (κ2) is 6.08. The molecule has 0 spiro atoms. The zero-order valence-corrected chi connectivity index (χ0v) is 13.9. The van der Waals surface area contributed by atoms with E-state index in [0.29, 0.717) is 10.6 Å². The lowest BCUT2D eigenvalue weighted by molar-refractivity contribution is 0.582. The molecule has 0 aromatic heterocycles. The maximum absolute atomic E-state index is 13.8. The lowest BCUT2D eigenvalue weighted by Gasteiger charge is -2.14. The monoisotopic (exact) mass is 428 g/mol. The molecule has 1 unspecified atom stereocenters. The average Bonchev–Trinajstić information content (AvgIpc) is 2.33. The van der Waals surface area contributed by atoms with Crippen molar-refractivity contribution in [1.82, 2.24) is 0 Å². The van der Waals surface area contributed by atoms with Gasteiger partial charge in [0, 0.05) is 15.1 Å². The summed E-state index contributed by atoms with van der Waals surface area (Å²) in [5.74, 6) is -1.16. The fourth-order valence-electron chi connectivity index (χ4n) is 1.61. The van der Waals surface area contributed by atoms with E-state index in [1.807, 2.05) is 0 Å². The maximum atomic E-state index is 13.8. The van der Waals surface area contributed by atoms with Crippen molar-refractivity contribution in [3.63, 3.8) is 0 Å². The fourth-order valence-corrected chi connectivity index (χ4v) is 3.12. The number of rotatable bonds is 2. The molecule has 19 heavy (non-hydrogen) atoms. The first-order valence-corrected chi connectivity index (χ1v) is 7.53. The molecule has 0 fully saturated rings. The number of benzene rings is 2. The van der Waals surface area contributed by atoms with E-state index >= 15 is 0 Å². The van der Waals surface area contributed by atoms with Crippen molar-refractivity contribution in [2.75, 3.05) is 0 Å². The Morgan fingerprint density at radius 1 is 0.947 bits per heavy atom. The average molecular weight is 431 g/mol. The largest absolute Gasteiger partial charge is 0.207 e. The number of hydrogen-bond acceptors (Lipinski definition) is 0. The first kappa shape index (κ1) is 15.2. The van der Waals surface area contributed by atoms with Crippen LogP contribution in [0.3, 0.4) is 0 Å². The van der Waals surface area contributed by atoms with Crippen LogP contribution in [0.5, 0.6) is 0 Å². The standard InChI is InChI=1S/C13H6Br2Cl2F2/c14-6-1-2-7(10(16)3-6)13(17)8-4-12(19)9(15)5-11(8)18/h1-5,13H. The van der Waals surface area contributed by atoms with E-state index in [1.54, 1.807) is 18.2 Å². The Bertz CT molecular complexity index is 632. The summed E-state index contributed by atoms with van der Waals surface area (Å²) in [4.78, 5) is 0. The minimum Gasteiger partial charge on any atom is -0.207 e. The molecule has 2 aromatic carbocycles. The van der Waals surface area contributed by atoms with Crippen molar-refractivity contribution < 1.29 is 8.78 Å². The smallest absolute Gasteiger partial charge is 0.137 e. The third-order valence-electron chi connectivity index (χ3n) is 2.55. The van der Waals surface area contributed by atoms with Gasteiger partial charge in [0.25, 0.3) is 0 Å². The van der Waals surface area contributed by atoms with Gasteiger partial charge < -0.3 is 0 Å². The van der Waals surface area contributed by atoms with Gasteiger partial charge in [0.2, 0.25) is 0 Å². The van der Waals surface area contributed by atoms with Crippen LogP contribution in [-0.4, -0.2) is 0 Å². The lowest BCUT2D eigenvalue weighted by atomic mass is 10.0. The molecule has 0 aliphatic rings. The predicted octanol–water partition coefficient (Wildman–Crippen LogP) is 6.47. The summed E-state index contributed by atoms with van der Waals surface area (Å²) in [5, 5.41) is -0.472. The summed E-state index contributed by atoms with van der Waals surface area (Å²) < 4.78 is 28.2. The zero-order valence-electron chi connectivity index (χ0n) is 9.23. The van der Waals surface area contributed by atoms with Gasteiger partial charge in [0.15, 0.2) is 0 Å². The van der Waals surface area contributed by atoms with Crippen molar-refractivity contribution >= 4 is 55.1 Å². The topological polar surface area (TPSA) is 0 Å². The third kappa shape index (κ3) is 3.30. The molecule has 0 radical (unpaired) electrons. The molecule has 2 rings (SSSR count). The van der Waals surface area contributed by atoms with Gasteiger partial charge in [-0.05, 0) is 45.8 Å². The number of halogens is 6. The van der Waals surface area contributed by atoms with E-state index in [-0.39, 0.29) is 10.0 Å². The van der Waals surface area contributed by atoms with E-state index in [1.165, 1.54) is 0 Å². The molecule has 0 aliphatic heterocycles. The molecular weight excluding hydrogens is 425 g/mol. The highest BCUT2D eigenvalue weighted by molar-refractivity contribution is 9.10. The highest BCUT2D eigenvalue weighted by Gasteiger charge is 2.20. The van der Waals surface area contributed by atoms with E-state index in [9.17, 15) is 8.78 Å². The first-order chi connectivity index (χ1) is 8.90. The molecule has 1 atom stereocenters. The Morgan fingerprint density at radius 3 is 2.26 bits per heavy atom. The van der Waals surface area contributed by atoms with Crippen LogP contribution in [0.2, 0.25) is 5.02 Å². The molecule has 100 valence electrons. The Balaban J connectivity index is 2.49. The second-order valence-electron chi connectivity index (χ2n) is 3.82. The second-order valence-corrected chi connectivity index (χ2v) is 6.43. The van der Waals surface area contributed by atoms with Crippen LogP contribution >= 0.6 is 55.1 Å². The van der Waals surface area contributed by atoms with Gasteiger partial charge in [-0.1, -0.05) is 33.6 Å². The van der Waals surface area contributed by atoms with Gasteiger partial charge in [0.05, 0.1) is 9.85 Å². The fraction of sp³-hybridized carbons (Fsp3) is 0.0769. The van der Waals surface area contributed by atoms with Crippen molar-refractivity contribution in [3.05, 3.63) is 67.1 Å². The SMILES string of the molecule is Fc1cc(C(Cl)c2ccc(Br)cc2Cl)c(F)cc1Br. The molecule has 0 saturated heterocycles. The maximum Gasteiger partial charge on any atom is 0.137 e. The molecule has 0 N–H and O–H groups in total. The van der Waals surface area contributed by atoms with Gasteiger partial charge in [-0.3, -0.25) is 0 Å². The summed E-state index contributed by atoms with van der Waals surface area (Å²) in [5.41, 5.74) is 0.568. The van der Waals surface area contributed by atoms with Gasteiger partial charge >= 0.3 is 0 Å². The Hall–Kier alpha value is -0.160. The molecule has 2 aromatic rings. The molecule has 0 heterocycles. The van der Waals surface area contributed by atoms with Gasteiger partial charge in [0.1, 0.15) is 11.6 Å². The zero-order chi connectivity index (χ0) is 14.2. The van der Waals surface area contributed by atoms with Crippen LogP contribution in [0, 0.1) is 11.6 Å². The highest BCUT2D eigenvalue weighted by atomic mass is 79.9. The summed E-state index contributed by atoms with van der Waals surface area (Å²) in [7, 11) is 0. The minimum atomic E-state index is -0.858. The van der Waals surface area contributed by atoms with Gasteiger partial charge in [-0.25, -0.2) is 8.78 Å². The number of hydrogen-bond donors (Lipinski definition) is 0. The Labute approximate surface area is 136 Å². The molecular formula is C13H6Br2Cl2F2. The van der Waals surface area contributed by atoms with Crippen LogP contribution in [-0.2, 0) is 0 Å². The van der Waals surface area contributed by atoms with E-state index in [0.717, 1.165) is 16.6 Å². The van der Waals surface area contributed by atoms with Gasteiger partial charge in [-0.2, -0.15) is 0 Å². The van der Waals surface area contributed by atoms with Crippen molar-refractivity contribution in [3.8, 4) is 0 Å². The lowest BCUT2D eigenvalue weighted by Crippen LogP contribution is -1.99. The quantitative estimate of drug-likeness (QED) is 0.378. The summed E-state index contributed by atoms with van der Waals surface area (Å²) >= 11 is 18.4. The molecule has 0 amide bonds. The summed E-state index contributed by atoms with van der Waals surface area (Å²) in [6.07, 6.45) is 0. The number of alkyl halides is 1. The highest BCUT2D eigenvalue weighted by Crippen LogP contribution is 2.37. The molecule has 6 heteroatoms. The minimum absolute atomic E-state index is 0.0478. The Morgan fingerprint density at radius 2 is 1.63 bits per heavy atom. The van der Waals surface area contributed by atoms with Crippen LogP contribution in [0.25, 0.3) is 0 Å². The van der Waals surface area contributed by atoms with Crippen LogP contribution < -0.4 is 0 Å². The van der Waals surface area contributed by atoms with Crippen LogP contribution in [0.15, 0.2) is 39.3 Å². The van der Waals surface area contributed by atoms with Gasteiger partial charge in [-0.15, -0.1) is 11.6 Å². The third-order valence-corrected chi connectivity index (χ3v) is 4.45. The molecule has 0 aliphatic carbocycles. The summed E-state index contributed by atoms with van der Waals surface area (Å²) in [6, 6.07) is 7.18. The van der Waals surface area contributed by atoms with E-state index in [4.69, 9.17) is 23.2 Å². The van der Waals surface area contributed by atoms with Crippen LogP contribution in [0.4, 0.5) is 8.78 Å². The first-order valence-electron chi connectivity index (χ1n) is 5.13. The summed E-state index contributed by atoms with van der Waals surface area (Å²) in [6.45, 7) is 0. The molecule has 0 bridgehead atoms. The molecule has 0 nitrogen and oxygen atoms in total. The van der Waals surface area contributed by atoms with Crippen molar-refractivity contribution in [1.29, 1.82) is 0 Å². The van der Waals surface area contributed by atoms with Crippen molar-refractivity contribution in [2.45, 2.75) is 5.38 Å². The van der Waals surface area contributed by atoms with E-state index in [2.05, 4.69) is 31.9 Å². The Kier molecular flexibility index (Phi) is 4.88.